The predicted molar refractivity (Wildman–Crippen MR) is 53.0 cm³/mol. The first-order valence-electron chi connectivity index (χ1n) is 5.38. The summed E-state index contributed by atoms with van der Waals surface area (Å²) >= 11 is 0. The van der Waals surface area contributed by atoms with Crippen LogP contribution in [0.1, 0.15) is 19.3 Å². The number of nitrogens with one attached hydrogen (secondary N) is 1. The van der Waals surface area contributed by atoms with E-state index in [0.29, 0.717) is 25.3 Å². The number of ether oxygens (including phenoxy) is 1. The lowest BCUT2D eigenvalue weighted by Crippen LogP contribution is -2.53. The van der Waals surface area contributed by atoms with Crippen molar-refractivity contribution in [2.75, 3.05) is 26.7 Å². The molecule has 1 saturated carbocycles. The minimum atomic E-state index is 0.215. The van der Waals surface area contributed by atoms with E-state index in [2.05, 4.69) is 5.32 Å². The summed E-state index contributed by atoms with van der Waals surface area (Å²) in [5, 5.41) is 2.91. The van der Waals surface area contributed by atoms with Gasteiger partial charge in [0, 0.05) is 6.54 Å². The van der Waals surface area contributed by atoms with Gasteiger partial charge in [-0.05, 0) is 26.3 Å². The van der Waals surface area contributed by atoms with Crippen molar-refractivity contribution in [1.29, 1.82) is 0 Å². The lowest BCUT2D eigenvalue weighted by Gasteiger charge is -2.37. The molecule has 80 valence electrons. The second kappa shape index (κ2) is 4.28. The van der Waals surface area contributed by atoms with Crippen LogP contribution in [0.2, 0.25) is 0 Å². The fraction of sp³-hybridized carbons (Fsp3) is 0.900. The van der Waals surface area contributed by atoms with Crippen LogP contribution in [0.25, 0.3) is 0 Å². The van der Waals surface area contributed by atoms with Crippen LogP contribution in [0.4, 0.5) is 0 Å². The van der Waals surface area contributed by atoms with Gasteiger partial charge in [0.05, 0.1) is 25.3 Å². The van der Waals surface area contributed by atoms with E-state index in [1.54, 1.807) is 0 Å². The van der Waals surface area contributed by atoms with Gasteiger partial charge < -0.3 is 15.0 Å². The van der Waals surface area contributed by atoms with Crippen molar-refractivity contribution >= 4 is 5.91 Å². The van der Waals surface area contributed by atoms with Gasteiger partial charge in [0.1, 0.15) is 0 Å². The molecule has 4 heteroatoms. The molecule has 14 heavy (non-hydrogen) atoms. The molecule has 0 aromatic rings. The normalized spacial score (nSPS) is 31.6. The summed E-state index contributed by atoms with van der Waals surface area (Å²) in [6, 6.07) is 0.351. The Labute approximate surface area is 84.6 Å². The minimum absolute atomic E-state index is 0.215. The molecule has 1 N–H and O–H groups in total. The minimum Gasteiger partial charge on any atom is -0.374 e. The van der Waals surface area contributed by atoms with Crippen molar-refractivity contribution in [3.05, 3.63) is 0 Å². The number of morpholine rings is 1. The Morgan fingerprint density at radius 1 is 1.57 bits per heavy atom. The highest BCUT2D eigenvalue weighted by Crippen LogP contribution is 2.29. The van der Waals surface area contributed by atoms with Gasteiger partial charge >= 0.3 is 0 Å². The zero-order valence-corrected chi connectivity index (χ0v) is 8.66. The second-order valence-electron chi connectivity index (χ2n) is 4.02. The molecule has 1 saturated heterocycles. The van der Waals surface area contributed by atoms with Crippen LogP contribution in [-0.4, -0.2) is 49.7 Å². The number of carbonyl (C=O) groups excluding carboxylic acids is 1. The van der Waals surface area contributed by atoms with Crippen LogP contribution in [0.5, 0.6) is 0 Å². The largest absolute Gasteiger partial charge is 0.374 e. The molecule has 1 aliphatic carbocycles. The van der Waals surface area contributed by atoms with Crippen LogP contribution >= 0.6 is 0 Å². The fourth-order valence-corrected chi connectivity index (χ4v) is 2.49. The summed E-state index contributed by atoms with van der Waals surface area (Å²) in [5.41, 5.74) is 0. The van der Waals surface area contributed by atoms with Crippen LogP contribution in [0, 0.1) is 0 Å². The standard InChI is InChI=1S/C10H18N2O2/c1-11-7-10(13)12-5-6-14-9-4-2-3-8(9)12/h8-9,11H,2-7H2,1H3. The van der Waals surface area contributed by atoms with Crippen molar-refractivity contribution < 1.29 is 9.53 Å². The summed E-state index contributed by atoms with van der Waals surface area (Å²) in [4.78, 5) is 13.7. The van der Waals surface area contributed by atoms with Crippen LogP contribution in [0.3, 0.4) is 0 Å². The maximum atomic E-state index is 11.7. The summed E-state index contributed by atoms with van der Waals surface area (Å²) in [6.45, 7) is 1.92. The number of hydrogen-bond acceptors (Lipinski definition) is 3. The molecule has 0 aromatic heterocycles. The molecule has 1 heterocycles. The molecule has 0 bridgehead atoms. The number of fused-ring (bicyclic) bond motifs is 1. The van der Waals surface area contributed by atoms with Crippen molar-refractivity contribution in [2.24, 2.45) is 0 Å². The highest BCUT2D eigenvalue weighted by Gasteiger charge is 2.37. The van der Waals surface area contributed by atoms with Gasteiger partial charge in [-0.1, -0.05) is 0 Å². The van der Waals surface area contributed by atoms with Crippen molar-refractivity contribution in [2.45, 2.75) is 31.4 Å². The van der Waals surface area contributed by atoms with E-state index in [-0.39, 0.29) is 5.91 Å². The first kappa shape index (κ1) is 9.93. The van der Waals surface area contributed by atoms with Crippen LogP contribution < -0.4 is 5.32 Å². The summed E-state index contributed by atoms with van der Waals surface area (Å²) in [7, 11) is 1.81. The molecule has 2 atom stereocenters. The lowest BCUT2D eigenvalue weighted by molar-refractivity contribution is -0.142. The number of likely N-dealkylation sites (N-methyl/N-ethyl adjacent to an activating group) is 1. The van der Waals surface area contributed by atoms with E-state index in [0.717, 1.165) is 19.4 Å². The Bertz CT molecular complexity index is 220. The average Bonchev–Trinajstić information content (AvgIpc) is 2.65. The van der Waals surface area contributed by atoms with E-state index in [4.69, 9.17) is 4.74 Å². The monoisotopic (exact) mass is 198 g/mol. The molecule has 2 rings (SSSR count). The summed E-state index contributed by atoms with van der Waals surface area (Å²) in [5.74, 6) is 0.215. The average molecular weight is 198 g/mol. The topological polar surface area (TPSA) is 41.6 Å². The molecule has 0 spiro atoms. The zero-order valence-electron chi connectivity index (χ0n) is 8.66. The Hall–Kier alpha value is -0.610. The van der Waals surface area contributed by atoms with Gasteiger partial charge in [0.25, 0.3) is 0 Å². The molecule has 2 unspecified atom stereocenters. The first-order chi connectivity index (χ1) is 6.83. The van der Waals surface area contributed by atoms with Gasteiger partial charge in [0.2, 0.25) is 5.91 Å². The SMILES string of the molecule is CNCC(=O)N1CCOC2CCCC21. The van der Waals surface area contributed by atoms with E-state index in [1.165, 1.54) is 6.42 Å². The van der Waals surface area contributed by atoms with Crippen molar-refractivity contribution in [3.63, 3.8) is 0 Å². The number of carbonyl (C=O) groups is 1. The van der Waals surface area contributed by atoms with Gasteiger partial charge in [-0.2, -0.15) is 0 Å². The number of hydrogen-bond donors (Lipinski definition) is 1. The molecular formula is C10H18N2O2. The highest BCUT2D eigenvalue weighted by atomic mass is 16.5. The summed E-state index contributed by atoms with van der Waals surface area (Å²) in [6.07, 6.45) is 3.73. The smallest absolute Gasteiger partial charge is 0.236 e. The molecule has 4 nitrogen and oxygen atoms in total. The Kier molecular flexibility index (Phi) is 3.03. The zero-order chi connectivity index (χ0) is 9.97. The molecule has 0 aromatic carbocycles. The van der Waals surface area contributed by atoms with Crippen molar-refractivity contribution in [3.8, 4) is 0 Å². The number of amides is 1. The molecular weight excluding hydrogens is 180 g/mol. The van der Waals surface area contributed by atoms with Gasteiger partial charge in [-0.25, -0.2) is 0 Å². The Morgan fingerprint density at radius 2 is 2.43 bits per heavy atom. The predicted octanol–water partition coefficient (Wildman–Crippen LogP) is -0.0143. The maximum absolute atomic E-state index is 11.7. The third-order valence-electron chi connectivity index (χ3n) is 3.13. The fourth-order valence-electron chi connectivity index (χ4n) is 2.49. The third kappa shape index (κ3) is 1.77. The van der Waals surface area contributed by atoms with Crippen LogP contribution in [0.15, 0.2) is 0 Å². The van der Waals surface area contributed by atoms with E-state index in [1.807, 2.05) is 11.9 Å². The Morgan fingerprint density at radius 3 is 3.21 bits per heavy atom. The quantitative estimate of drug-likeness (QED) is 0.678. The van der Waals surface area contributed by atoms with E-state index >= 15 is 0 Å². The van der Waals surface area contributed by atoms with E-state index < -0.39 is 0 Å². The van der Waals surface area contributed by atoms with Gasteiger partial charge in [-0.15, -0.1) is 0 Å². The lowest BCUT2D eigenvalue weighted by atomic mass is 10.1. The van der Waals surface area contributed by atoms with Crippen molar-refractivity contribution in [1.82, 2.24) is 10.2 Å². The first-order valence-corrected chi connectivity index (χ1v) is 5.38. The molecule has 1 aliphatic heterocycles. The van der Waals surface area contributed by atoms with Gasteiger partial charge in [-0.3, -0.25) is 4.79 Å². The second-order valence-corrected chi connectivity index (χ2v) is 4.02. The molecule has 0 radical (unpaired) electrons. The molecule has 2 aliphatic rings. The summed E-state index contributed by atoms with van der Waals surface area (Å²) < 4.78 is 5.65. The van der Waals surface area contributed by atoms with Crippen LogP contribution in [-0.2, 0) is 9.53 Å². The van der Waals surface area contributed by atoms with Gasteiger partial charge in [0.15, 0.2) is 0 Å². The molecule has 2 fully saturated rings. The Balaban J connectivity index is 1.99. The van der Waals surface area contributed by atoms with E-state index in [9.17, 15) is 4.79 Å². The number of rotatable bonds is 2. The highest BCUT2D eigenvalue weighted by molar-refractivity contribution is 5.78. The maximum Gasteiger partial charge on any atom is 0.236 e. The number of nitrogens with zero attached hydrogens (tertiary/aromatic N) is 1. The molecule has 1 amide bonds. The third-order valence-corrected chi connectivity index (χ3v) is 3.13.